The van der Waals surface area contributed by atoms with Crippen LogP contribution in [0.1, 0.15) is 32.3 Å². The van der Waals surface area contributed by atoms with Gasteiger partial charge in [0.1, 0.15) is 5.82 Å². The number of nitrogens with one attached hydrogen (secondary N) is 1. The van der Waals surface area contributed by atoms with Gasteiger partial charge < -0.3 is 10.1 Å². The van der Waals surface area contributed by atoms with E-state index in [9.17, 15) is 4.39 Å². The lowest BCUT2D eigenvalue weighted by molar-refractivity contribution is 0.149. The van der Waals surface area contributed by atoms with E-state index in [2.05, 4.69) is 35.1 Å². The van der Waals surface area contributed by atoms with Crippen molar-refractivity contribution in [3.05, 3.63) is 34.1 Å². The zero-order valence-corrected chi connectivity index (χ0v) is 14.2. The van der Waals surface area contributed by atoms with Gasteiger partial charge in [-0.3, -0.25) is 0 Å². The third kappa shape index (κ3) is 6.33. The lowest BCUT2D eigenvalue weighted by atomic mass is 9.96. The summed E-state index contributed by atoms with van der Waals surface area (Å²) in [5.74, 6) is 0.304. The fourth-order valence-corrected chi connectivity index (χ4v) is 2.80. The number of hydrogen-bond acceptors (Lipinski definition) is 2. The minimum Gasteiger partial charge on any atom is -0.384 e. The molecule has 0 aliphatic heterocycles. The molecule has 2 nitrogen and oxygen atoms in total. The van der Waals surface area contributed by atoms with Gasteiger partial charge in [0.2, 0.25) is 0 Å². The molecule has 1 aromatic rings. The highest BCUT2D eigenvalue weighted by Gasteiger charge is 2.14. The van der Waals surface area contributed by atoms with Crippen LogP contribution in [0.4, 0.5) is 4.39 Å². The first kappa shape index (κ1) is 17.6. The average molecular weight is 346 g/mol. The van der Waals surface area contributed by atoms with E-state index in [0.29, 0.717) is 16.4 Å². The predicted molar refractivity (Wildman–Crippen MR) is 85.5 cm³/mol. The Morgan fingerprint density at radius 3 is 2.75 bits per heavy atom. The molecule has 0 saturated carbocycles. The molecule has 4 heteroatoms. The molecule has 20 heavy (non-hydrogen) atoms. The molecule has 0 saturated heterocycles. The van der Waals surface area contributed by atoms with Gasteiger partial charge in [-0.25, -0.2) is 4.39 Å². The third-order valence-electron chi connectivity index (χ3n) is 3.29. The maximum atomic E-state index is 13.3. The zero-order chi connectivity index (χ0) is 15.0. The van der Waals surface area contributed by atoms with E-state index in [0.717, 1.165) is 38.0 Å². The van der Waals surface area contributed by atoms with Crippen LogP contribution in [-0.4, -0.2) is 26.3 Å². The van der Waals surface area contributed by atoms with E-state index in [1.807, 2.05) is 12.1 Å². The Balaban J connectivity index is 2.64. The second-order valence-electron chi connectivity index (χ2n) is 5.40. The maximum Gasteiger partial charge on any atom is 0.137 e. The number of ether oxygens (including phenoxy) is 1. The first-order valence-corrected chi connectivity index (χ1v) is 8.02. The summed E-state index contributed by atoms with van der Waals surface area (Å²) in [6.07, 6.45) is 3.08. The van der Waals surface area contributed by atoms with Crippen molar-refractivity contribution in [1.29, 1.82) is 0 Å². The molecular weight excluding hydrogens is 321 g/mol. The number of methoxy groups -OCH3 is 1. The summed E-state index contributed by atoms with van der Waals surface area (Å²) in [6.45, 7) is 6.14. The van der Waals surface area contributed by atoms with Gasteiger partial charge in [0.15, 0.2) is 0 Å². The zero-order valence-electron chi connectivity index (χ0n) is 12.6. The van der Waals surface area contributed by atoms with Crippen LogP contribution in [0.15, 0.2) is 22.7 Å². The van der Waals surface area contributed by atoms with Crippen LogP contribution in [0.5, 0.6) is 0 Å². The molecule has 1 rings (SSSR count). The highest BCUT2D eigenvalue weighted by Crippen LogP contribution is 2.19. The Morgan fingerprint density at radius 2 is 2.15 bits per heavy atom. The largest absolute Gasteiger partial charge is 0.384 e. The maximum absolute atomic E-state index is 13.3. The molecular formula is C16H25BrFNO. The molecule has 2 unspecified atom stereocenters. The normalized spacial score (nSPS) is 14.2. The van der Waals surface area contributed by atoms with E-state index in [1.54, 1.807) is 7.11 Å². The summed E-state index contributed by atoms with van der Waals surface area (Å²) in [7, 11) is 1.74. The topological polar surface area (TPSA) is 21.3 Å². The van der Waals surface area contributed by atoms with Gasteiger partial charge in [-0.15, -0.1) is 0 Å². The quantitative estimate of drug-likeness (QED) is 0.725. The summed E-state index contributed by atoms with van der Waals surface area (Å²) in [4.78, 5) is 0. The van der Waals surface area contributed by atoms with Crippen molar-refractivity contribution in [2.45, 2.75) is 39.2 Å². The van der Waals surface area contributed by atoms with Crippen LogP contribution in [0.3, 0.4) is 0 Å². The van der Waals surface area contributed by atoms with Crippen molar-refractivity contribution in [1.82, 2.24) is 5.32 Å². The first-order chi connectivity index (χ1) is 9.56. The third-order valence-corrected chi connectivity index (χ3v) is 3.89. The minimum absolute atomic E-state index is 0.209. The Morgan fingerprint density at radius 1 is 1.40 bits per heavy atom. The van der Waals surface area contributed by atoms with E-state index in [4.69, 9.17) is 4.74 Å². The summed E-state index contributed by atoms with van der Waals surface area (Å²) < 4.78 is 19.0. The summed E-state index contributed by atoms with van der Waals surface area (Å²) in [5, 5.41) is 3.58. The minimum atomic E-state index is -0.209. The lowest BCUT2D eigenvalue weighted by Gasteiger charge is -2.22. The molecule has 0 bridgehead atoms. The fourth-order valence-electron chi connectivity index (χ4n) is 2.38. The molecule has 2 atom stereocenters. The van der Waals surface area contributed by atoms with Crippen LogP contribution in [0, 0.1) is 11.7 Å². The van der Waals surface area contributed by atoms with E-state index < -0.39 is 0 Å². The van der Waals surface area contributed by atoms with Crippen LogP contribution < -0.4 is 5.32 Å². The van der Waals surface area contributed by atoms with Crippen molar-refractivity contribution in [3.8, 4) is 0 Å². The monoisotopic (exact) mass is 345 g/mol. The van der Waals surface area contributed by atoms with E-state index >= 15 is 0 Å². The van der Waals surface area contributed by atoms with E-state index in [-0.39, 0.29) is 5.82 Å². The molecule has 0 spiro atoms. The molecule has 0 aliphatic rings. The second-order valence-corrected chi connectivity index (χ2v) is 6.25. The molecule has 0 radical (unpaired) electrons. The Bertz CT molecular complexity index is 400. The average Bonchev–Trinajstić information content (AvgIpc) is 2.40. The van der Waals surface area contributed by atoms with Gasteiger partial charge in [0, 0.05) is 19.8 Å². The highest BCUT2D eigenvalue weighted by molar-refractivity contribution is 9.10. The molecule has 1 aromatic carbocycles. The van der Waals surface area contributed by atoms with Crippen molar-refractivity contribution in [2.75, 3.05) is 20.3 Å². The lowest BCUT2D eigenvalue weighted by Crippen LogP contribution is -2.34. The van der Waals surface area contributed by atoms with Crippen LogP contribution in [0.2, 0.25) is 0 Å². The second kappa shape index (κ2) is 9.48. The van der Waals surface area contributed by atoms with Gasteiger partial charge in [0.25, 0.3) is 0 Å². The summed E-state index contributed by atoms with van der Waals surface area (Å²) in [5.41, 5.74) is 1.15. The fraction of sp³-hybridized carbons (Fsp3) is 0.625. The van der Waals surface area contributed by atoms with Crippen molar-refractivity contribution >= 4 is 15.9 Å². The number of hydrogen-bond donors (Lipinski definition) is 1. The van der Waals surface area contributed by atoms with Crippen LogP contribution in [0.25, 0.3) is 0 Å². The first-order valence-electron chi connectivity index (χ1n) is 7.23. The van der Waals surface area contributed by atoms with Crippen molar-refractivity contribution in [2.24, 2.45) is 5.92 Å². The number of benzene rings is 1. The molecule has 0 aromatic heterocycles. The molecule has 0 amide bonds. The molecule has 0 aliphatic carbocycles. The van der Waals surface area contributed by atoms with E-state index in [1.165, 1.54) is 6.07 Å². The predicted octanol–water partition coefficient (Wildman–Crippen LogP) is 4.17. The molecule has 1 N–H and O–H groups in total. The SMILES string of the molecule is CCCNC(Cc1ccc(F)c(Br)c1)CC(C)COC. The van der Waals surface area contributed by atoms with Crippen molar-refractivity contribution < 1.29 is 9.13 Å². The van der Waals surface area contributed by atoms with Crippen LogP contribution >= 0.6 is 15.9 Å². The molecule has 0 heterocycles. The van der Waals surface area contributed by atoms with Crippen molar-refractivity contribution in [3.63, 3.8) is 0 Å². The molecule has 114 valence electrons. The molecule has 0 fully saturated rings. The van der Waals surface area contributed by atoms with Gasteiger partial charge in [-0.1, -0.05) is 19.9 Å². The Hall–Kier alpha value is -0.450. The Kier molecular flexibility index (Phi) is 8.34. The smallest absolute Gasteiger partial charge is 0.137 e. The van der Waals surface area contributed by atoms with Gasteiger partial charge >= 0.3 is 0 Å². The van der Waals surface area contributed by atoms with Crippen LogP contribution in [-0.2, 0) is 11.2 Å². The Labute approximate surface area is 130 Å². The van der Waals surface area contributed by atoms with Gasteiger partial charge in [-0.05, 0) is 65.4 Å². The highest BCUT2D eigenvalue weighted by atomic mass is 79.9. The standard InChI is InChI=1S/C16H25BrFNO/c1-4-7-19-14(8-12(2)11-20-3)9-13-5-6-16(18)15(17)10-13/h5-6,10,12,14,19H,4,7-9,11H2,1-3H3. The van der Waals surface area contributed by atoms with Gasteiger partial charge in [0.05, 0.1) is 4.47 Å². The summed E-state index contributed by atoms with van der Waals surface area (Å²) in [6, 6.07) is 5.66. The van der Waals surface area contributed by atoms with Gasteiger partial charge in [-0.2, -0.15) is 0 Å². The number of halogens is 2. The summed E-state index contributed by atoms with van der Waals surface area (Å²) >= 11 is 3.25. The number of rotatable bonds is 9.